The van der Waals surface area contributed by atoms with Crippen molar-refractivity contribution in [2.24, 2.45) is 5.92 Å². The van der Waals surface area contributed by atoms with Gasteiger partial charge in [0.25, 0.3) is 0 Å². The lowest BCUT2D eigenvalue weighted by Crippen LogP contribution is -2.51. The van der Waals surface area contributed by atoms with Gasteiger partial charge in [0, 0.05) is 17.9 Å². The summed E-state index contributed by atoms with van der Waals surface area (Å²) in [5.74, 6) is -0.0983. The maximum absolute atomic E-state index is 13.7. The quantitative estimate of drug-likeness (QED) is 0.500. The number of amides is 2. The first-order valence-corrected chi connectivity index (χ1v) is 14.8. The molecule has 2 saturated heterocycles. The van der Waals surface area contributed by atoms with E-state index in [4.69, 9.17) is 14.0 Å². The molecule has 3 aliphatic rings. The minimum atomic E-state index is -0.624. The van der Waals surface area contributed by atoms with Crippen LogP contribution in [0.4, 0.5) is 4.79 Å². The standard InChI is InChI=1S/C31H44BN3O5/c1-19(2)25(34-29(37)38-7)28(36)35-18-10-13-24(35)27-23-12-9-8-11-22(23)26(33-27)20-14-16-21(17-15-20)32-39-30(3,4)31(5,6)40-32/h14-17,19,24-25,33H,8-13,18H2,1-7H3,(H,34,37)/t24?,25-/m0/s1. The van der Waals surface area contributed by atoms with E-state index in [0.717, 1.165) is 60.9 Å². The second kappa shape index (κ2) is 10.9. The number of hydrogen-bond donors (Lipinski definition) is 2. The molecule has 5 rings (SSSR count). The molecule has 2 fully saturated rings. The van der Waals surface area contributed by atoms with E-state index in [0.29, 0.717) is 6.54 Å². The van der Waals surface area contributed by atoms with E-state index < -0.39 is 19.3 Å². The Morgan fingerprint density at radius 2 is 1.65 bits per heavy atom. The molecule has 1 aromatic carbocycles. The fourth-order valence-electron chi connectivity index (χ4n) is 6.29. The molecule has 2 aromatic rings. The number of alkyl carbamates (subject to hydrolysis) is 1. The Morgan fingerprint density at radius 3 is 2.25 bits per heavy atom. The van der Waals surface area contributed by atoms with Crippen molar-refractivity contribution in [1.82, 2.24) is 15.2 Å². The molecule has 2 amide bonds. The summed E-state index contributed by atoms with van der Waals surface area (Å²) in [6.45, 7) is 12.9. The SMILES string of the molecule is COC(=O)N[C@H](C(=O)N1CCCC1c1[nH]c(-c2ccc(B3OC(C)(C)C(C)(C)O3)cc2)c2c1CCCC2)C(C)C. The van der Waals surface area contributed by atoms with E-state index in [1.54, 1.807) is 0 Å². The summed E-state index contributed by atoms with van der Waals surface area (Å²) in [4.78, 5) is 31.5. The highest BCUT2D eigenvalue weighted by Gasteiger charge is 2.51. The van der Waals surface area contributed by atoms with Gasteiger partial charge >= 0.3 is 13.2 Å². The van der Waals surface area contributed by atoms with Gasteiger partial charge in [-0.05, 0) is 94.3 Å². The number of rotatable bonds is 6. The molecule has 0 spiro atoms. The molecule has 0 bridgehead atoms. The maximum atomic E-state index is 13.7. The van der Waals surface area contributed by atoms with Crippen molar-refractivity contribution in [3.63, 3.8) is 0 Å². The molecule has 40 heavy (non-hydrogen) atoms. The second-order valence-electron chi connectivity index (χ2n) is 12.8. The smallest absolute Gasteiger partial charge is 0.453 e. The van der Waals surface area contributed by atoms with Crippen LogP contribution in [0.15, 0.2) is 24.3 Å². The minimum absolute atomic E-state index is 0.0298. The predicted octanol–water partition coefficient (Wildman–Crippen LogP) is 4.90. The van der Waals surface area contributed by atoms with Gasteiger partial charge < -0.3 is 29.2 Å². The number of H-pyrrole nitrogens is 1. The Morgan fingerprint density at radius 1 is 1.02 bits per heavy atom. The Kier molecular flexibility index (Phi) is 7.83. The van der Waals surface area contributed by atoms with E-state index in [-0.39, 0.29) is 29.1 Å². The number of nitrogens with one attached hydrogen (secondary N) is 2. The van der Waals surface area contributed by atoms with Crippen LogP contribution >= 0.6 is 0 Å². The third-order valence-electron chi connectivity index (χ3n) is 9.34. The number of ether oxygens (including phenoxy) is 1. The van der Waals surface area contributed by atoms with Gasteiger partial charge in [-0.25, -0.2) is 4.79 Å². The number of carbonyl (C=O) groups excluding carboxylic acids is 2. The summed E-state index contributed by atoms with van der Waals surface area (Å²) in [5.41, 5.74) is 6.43. The number of benzene rings is 1. The van der Waals surface area contributed by atoms with E-state index in [1.165, 1.54) is 18.2 Å². The Labute approximate surface area is 238 Å². The molecule has 216 valence electrons. The van der Waals surface area contributed by atoms with E-state index in [1.807, 2.05) is 18.7 Å². The molecule has 9 heteroatoms. The lowest BCUT2D eigenvalue weighted by Gasteiger charge is -2.32. The molecule has 1 aliphatic carbocycles. The summed E-state index contributed by atoms with van der Waals surface area (Å²) in [7, 11) is 0.933. The predicted molar refractivity (Wildman–Crippen MR) is 156 cm³/mol. The van der Waals surface area contributed by atoms with Gasteiger partial charge in [0.2, 0.25) is 5.91 Å². The van der Waals surface area contributed by atoms with Gasteiger partial charge in [-0.2, -0.15) is 0 Å². The van der Waals surface area contributed by atoms with Crippen LogP contribution in [0.3, 0.4) is 0 Å². The van der Waals surface area contributed by atoms with Crippen molar-refractivity contribution in [3.8, 4) is 11.3 Å². The van der Waals surface area contributed by atoms with Crippen molar-refractivity contribution in [1.29, 1.82) is 0 Å². The number of aromatic nitrogens is 1. The van der Waals surface area contributed by atoms with Crippen molar-refractivity contribution < 1.29 is 23.6 Å². The lowest BCUT2D eigenvalue weighted by atomic mass is 9.78. The number of likely N-dealkylation sites (tertiary alicyclic amines) is 1. The molecule has 3 heterocycles. The van der Waals surface area contributed by atoms with Gasteiger partial charge in [0.05, 0.1) is 24.4 Å². The highest BCUT2D eigenvalue weighted by atomic mass is 16.7. The molecule has 2 N–H and O–H groups in total. The van der Waals surface area contributed by atoms with E-state index >= 15 is 0 Å². The molecule has 0 saturated carbocycles. The average molecular weight is 550 g/mol. The molecule has 1 aromatic heterocycles. The number of nitrogens with zero attached hydrogens (tertiary/aromatic N) is 1. The summed E-state index contributed by atoms with van der Waals surface area (Å²) in [6.07, 6.45) is 5.62. The van der Waals surface area contributed by atoms with Crippen molar-refractivity contribution in [2.45, 2.75) is 103 Å². The van der Waals surface area contributed by atoms with Gasteiger partial charge in [0.15, 0.2) is 0 Å². The third kappa shape index (κ3) is 5.18. The number of hydrogen-bond acceptors (Lipinski definition) is 5. The van der Waals surface area contributed by atoms with Crippen LogP contribution in [-0.2, 0) is 31.7 Å². The first-order valence-electron chi connectivity index (χ1n) is 14.8. The summed E-state index contributed by atoms with van der Waals surface area (Å²) in [6, 6.07) is 7.85. The van der Waals surface area contributed by atoms with E-state index in [9.17, 15) is 9.59 Å². The Hall–Kier alpha value is -2.78. The average Bonchev–Trinajstić information content (AvgIpc) is 3.60. The summed E-state index contributed by atoms with van der Waals surface area (Å²) < 4.78 is 17.3. The zero-order valence-corrected chi connectivity index (χ0v) is 25.1. The molecule has 2 aliphatic heterocycles. The normalized spacial score (nSPS) is 22.4. The van der Waals surface area contributed by atoms with Crippen molar-refractivity contribution in [3.05, 3.63) is 41.1 Å². The molecular weight excluding hydrogens is 505 g/mol. The molecule has 1 unspecified atom stereocenters. The molecular formula is C31H44BN3O5. The van der Waals surface area contributed by atoms with Crippen LogP contribution in [0.25, 0.3) is 11.3 Å². The summed E-state index contributed by atoms with van der Waals surface area (Å²) in [5, 5.41) is 2.76. The maximum Gasteiger partial charge on any atom is 0.494 e. The van der Waals surface area contributed by atoms with Gasteiger partial charge in [-0.1, -0.05) is 38.1 Å². The van der Waals surface area contributed by atoms with Crippen LogP contribution in [0.1, 0.15) is 90.1 Å². The first kappa shape index (κ1) is 28.7. The number of fused-ring (bicyclic) bond motifs is 1. The summed E-state index contributed by atoms with van der Waals surface area (Å²) >= 11 is 0. The molecule has 8 nitrogen and oxygen atoms in total. The van der Waals surface area contributed by atoms with Crippen LogP contribution < -0.4 is 10.8 Å². The van der Waals surface area contributed by atoms with Crippen molar-refractivity contribution in [2.75, 3.05) is 13.7 Å². The lowest BCUT2D eigenvalue weighted by molar-refractivity contribution is -0.135. The first-order chi connectivity index (χ1) is 18.9. The fraction of sp³-hybridized carbons (Fsp3) is 0.613. The highest BCUT2D eigenvalue weighted by Crippen LogP contribution is 2.42. The topological polar surface area (TPSA) is 92.9 Å². The monoisotopic (exact) mass is 549 g/mol. The highest BCUT2D eigenvalue weighted by molar-refractivity contribution is 6.62. The van der Waals surface area contributed by atoms with Gasteiger partial charge in [-0.15, -0.1) is 0 Å². The number of aromatic amines is 1. The minimum Gasteiger partial charge on any atom is -0.453 e. The number of carbonyl (C=O) groups is 2. The zero-order valence-electron chi connectivity index (χ0n) is 25.1. The number of methoxy groups -OCH3 is 1. The van der Waals surface area contributed by atoms with Crippen LogP contribution in [0, 0.1) is 5.92 Å². The van der Waals surface area contributed by atoms with Crippen molar-refractivity contribution >= 4 is 24.6 Å². The van der Waals surface area contributed by atoms with Crippen LogP contribution in [-0.4, -0.2) is 59.9 Å². The van der Waals surface area contributed by atoms with Crippen LogP contribution in [0.5, 0.6) is 0 Å². The van der Waals surface area contributed by atoms with Gasteiger partial charge in [0.1, 0.15) is 6.04 Å². The fourth-order valence-corrected chi connectivity index (χ4v) is 6.29. The molecule has 2 atom stereocenters. The van der Waals surface area contributed by atoms with Gasteiger partial charge in [-0.3, -0.25) is 4.79 Å². The zero-order chi connectivity index (χ0) is 28.8. The largest absolute Gasteiger partial charge is 0.494 e. The molecule has 0 radical (unpaired) electrons. The second-order valence-corrected chi connectivity index (χ2v) is 12.8. The Balaban J connectivity index is 1.43. The van der Waals surface area contributed by atoms with E-state index in [2.05, 4.69) is 62.3 Å². The Bertz CT molecular complexity index is 1240. The van der Waals surface area contributed by atoms with Crippen LogP contribution in [0.2, 0.25) is 0 Å². The third-order valence-corrected chi connectivity index (χ3v) is 9.34.